The predicted molar refractivity (Wildman–Crippen MR) is 112 cm³/mol. The zero-order valence-electron chi connectivity index (χ0n) is 17.0. The standard InChI is InChI=1S/C22H23FN2O5S/c1-2-25-9-13(10-25)17-8-14(23)3-6-19(17)31(28,29)24-18-5-4-15-16-7-12(16)11-30-21(15)20(18)22(26)27/h3-6,8,12-13,16,24H,2,7,9-11H2,1H3,(H,26,27)/t12-,16-/m1/s1. The van der Waals surface area contributed by atoms with Crippen LogP contribution in [0.3, 0.4) is 0 Å². The summed E-state index contributed by atoms with van der Waals surface area (Å²) in [6, 6.07) is 6.82. The van der Waals surface area contributed by atoms with Crippen molar-refractivity contribution in [2.24, 2.45) is 5.92 Å². The van der Waals surface area contributed by atoms with Crippen molar-refractivity contribution in [3.05, 3.63) is 52.8 Å². The Balaban J connectivity index is 1.52. The molecule has 2 aliphatic heterocycles. The van der Waals surface area contributed by atoms with E-state index in [0.717, 1.165) is 24.6 Å². The lowest BCUT2D eigenvalue weighted by molar-refractivity contribution is 0.0692. The third kappa shape index (κ3) is 3.45. The maximum absolute atomic E-state index is 13.9. The fourth-order valence-electron chi connectivity index (χ4n) is 4.65. The fourth-order valence-corrected chi connectivity index (χ4v) is 6.01. The average Bonchev–Trinajstić information content (AvgIpc) is 3.46. The van der Waals surface area contributed by atoms with Crippen molar-refractivity contribution < 1.29 is 27.4 Å². The van der Waals surface area contributed by atoms with Crippen molar-refractivity contribution >= 4 is 21.7 Å². The second kappa shape index (κ2) is 7.20. The van der Waals surface area contributed by atoms with E-state index < -0.39 is 21.8 Å². The van der Waals surface area contributed by atoms with Crippen LogP contribution in [0.25, 0.3) is 0 Å². The van der Waals surface area contributed by atoms with Gasteiger partial charge in [0.05, 0.1) is 17.2 Å². The summed E-state index contributed by atoms with van der Waals surface area (Å²) in [6.07, 6.45) is 0.951. The maximum Gasteiger partial charge on any atom is 0.341 e. The van der Waals surface area contributed by atoms with Crippen molar-refractivity contribution in [3.8, 4) is 5.75 Å². The number of nitrogens with one attached hydrogen (secondary N) is 1. The molecule has 164 valence electrons. The Morgan fingerprint density at radius 2 is 2.03 bits per heavy atom. The Hall–Kier alpha value is -2.65. The molecular formula is C22H23FN2O5S. The highest BCUT2D eigenvalue weighted by molar-refractivity contribution is 7.92. The Morgan fingerprint density at radius 1 is 1.26 bits per heavy atom. The van der Waals surface area contributed by atoms with E-state index in [-0.39, 0.29) is 33.7 Å². The molecular weight excluding hydrogens is 423 g/mol. The quantitative estimate of drug-likeness (QED) is 0.707. The van der Waals surface area contributed by atoms with Gasteiger partial charge in [0.1, 0.15) is 17.1 Å². The van der Waals surface area contributed by atoms with Gasteiger partial charge < -0.3 is 14.7 Å². The summed E-state index contributed by atoms with van der Waals surface area (Å²) in [5, 5.41) is 9.80. The fraction of sp³-hybridized carbons (Fsp3) is 0.409. The highest BCUT2D eigenvalue weighted by Crippen LogP contribution is 2.55. The first kappa shape index (κ1) is 20.3. The first-order chi connectivity index (χ1) is 14.8. The SMILES string of the molecule is CCN1CC(c2cc(F)ccc2S(=O)(=O)Nc2ccc3c(c2C(=O)O)OC[C@H]2C[C@@H]32)C1. The number of carboxylic acids is 1. The monoisotopic (exact) mass is 446 g/mol. The number of benzene rings is 2. The topological polar surface area (TPSA) is 95.9 Å². The molecule has 0 radical (unpaired) electrons. The molecule has 7 nitrogen and oxygen atoms in total. The van der Waals surface area contributed by atoms with E-state index in [0.29, 0.717) is 31.2 Å². The zero-order valence-corrected chi connectivity index (χ0v) is 17.8. The van der Waals surface area contributed by atoms with Crippen LogP contribution in [0.15, 0.2) is 35.2 Å². The van der Waals surface area contributed by atoms with Crippen LogP contribution >= 0.6 is 0 Å². The zero-order chi connectivity index (χ0) is 21.9. The van der Waals surface area contributed by atoms with Crippen LogP contribution < -0.4 is 9.46 Å². The number of hydrogen-bond acceptors (Lipinski definition) is 5. The van der Waals surface area contributed by atoms with Gasteiger partial charge in [0.15, 0.2) is 0 Å². The lowest BCUT2D eigenvalue weighted by Gasteiger charge is -2.39. The molecule has 0 aromatic heterocycles. The van der Waals surface area contributed by atoms with Gasteiger partial charge in [-0.3, -0.25) is 4.72 Å². The molecule has 0 bridgehead atoms. The number of rotatable bonds is 6. The van der Waals surface area contributed by atoms with Crippen LogP contribution in [0.5, 0.6) is 5.75 Å². The molecule has 0 spiro atoms. The van der Waals surface area contributed by atoms with Gasteiger partial charge in [-0.1, -0.05) is 13.0 Å². The molecule has 0 unspecified atom stereocenters. The van der Waals surface area contributed by atoms with E-state index in [1.165, 1.54) is 18.2 Å². The first-order valence-electron chi connectivity index (χ1n) is 10.4. The minimum absolute atomic E-state index is 0.0353. The van der Waals surface area contributed by atoms with Gasteiger partial charge in [0.2, 0.25) is 0 Å². The lowest BCUT2D eigenvalue weighted by atomic mass is 9.91. The maximum atomic E-state index is 13.9. The summed E-state index contributed by atoms with van der Waals surface area (Å²) in [5.41, 5.74) is 0.984. The summed E-state index contributed by atoms with van der Waals surface area (Å²) in [5.74, 6) is -0.940. The second-order valence-electron chi connectivity index (χ2n) is 8.46. The minimum atomic E-state index is -4.15. The molecule has 5 rings (SSSR count). The number of anilines is 1. The van der Waals surface area contributed by atoms with Crippen molar-refractivity contribution in [3.63, 3.8) is 0 Å². The van der Waals surface area contributed by atoms with Gasteiger partial charge >= 0.3 is 5.97 Å². The summed E-state index contributed by atoms with van der Waals surface area (Å²) in [4.78, 5) is 14.1. The Morgan fingerprint density at radius 3 is 2.74 bits per heavy atom. The number of likely N-dealkylation sites (tertiary alicyclic amines) is 1. The van der Waals surface area contributed by atoms with Gasteiger partial charge in [-0.2, -0.15) is 0 Å². The number of sulfonamides is 1. The van der Waals surface area contributed by atoms with Gasteiger partial charge in [0.25, 0.3) is 10.0 Å². The van der Waals surface area contributed by atoms with E-state index in [4.69, 9.17) is 4.74 Å². The third-order valence-corrected chi connectivity index (χ3v) is 7.96. The average molecular weight is 447 g/mol. The number of ether oxygens (including phenoxy) is 1. The molecule has 2 atom stereocenters. The largest absolute Gasteiger partial charge is 0.492 e. The molecule has 9 heteroatoms. The molecule has 2 aromatic carbocycles. The number of hydrogen-bond donors (Lipinski definition) is 2. The summed E-state index contributed by atoms with van der Waals surface area (Å²) in [7, 11) is -4.15. The summed E-state index contributed by atoms with van der Waals surface area (Å²) < 4.78 is 48.6. The second-order valence-corrected chi connectivity index (χ2v) is 10.1. The van der Waals surface area contributed by atoms with Crippen LogP contribution in [-0.2, 0) is 10.0 Å². The number of halogens is 1. The van der Waals surface area contributed by atoms with Crippen molar-refractivity contribution in [1.29, 1.82) is 0 Å². The van der Waals surface area contributed by atoms with E-state index in [1.54, 1.807) is 6.07 Å². The molecule has 1 saturated carbocycles. The number of carboxylic acid groups (broad SMARTS) is 1. The molecule has 1 aliphatic carbocycles. The van der Waals surface area contributed by atoms with Crippen LogP contribution in [0.4, 0.5) is 10.1 Å². The van der Waals surface area contributed by atoms with Crippen LogP contribution in [0.2, 0.25) is 0 Å². The Kier molecular flexibility index (Phi) is 4.71. The molecule has 1 saturated heterocycles. The van der Waals surface area contributed by atoms with Crippen molar-refractivity contribution in [2.75, 3.05) is 31.0 Å². The third-order valence-electron chi connectivity index (χ3n) is 6.52. The van der Waals surface area contributed by atoms with Crippen molar-refractivity contribution in [2.45, 2.75) is 30.1 Å². The summed E-state index contributed by atoms with van der Waals surface area (Å²) >= 11 is 0. The minimum Gasteiger partial charge on any atom is -0.492 e. The molecule has 31 heavy (non-hydrogen) atoms. The number of likely N-dealkylation sites (N-methyl/N-ethyl adjacent to an activating group) is 1. The number of aromatic carboxylic acids is 1. The number of nitrogens with zero attached hydrogens (tertiary/aromatic N) is 1. The van der Waals surface area contributed by atoms with Gasteiger partial charge in [-0.25, -0.2) is 17.6 Å². The predicted octanol–water partition coefficient (Wildman–Crippen LogP) is 3.24. The van der Waals surface area contributed by atoms with Gasteiger partial charge in [-0.05, 0) is 54.3 Å². The van der Waals surface area contributed by atoms with Crippen molar-refractivity contribution in [1.82, 2.24) is 4.90 Å². The highest BCUT2D eigenvalue weighted by atomic mass is 32.2. The van der Waals surface area contributed by atoms with E-state index >= 15 is 0 Å². The highest BCUT2D eigenvalue weighted by Gasteiger charge is 2.45. The van der Waals surface area contributed by atoms with E-state index in [1.807, 2.05) is 6.92 Å². The summed E-state index contributed by atoms with van der Waals surface area (Å²) in [6.45, 7) is 4.59. The molecule has 2 heterocycles. The first-order valence-corrected chi connectivity index (χ1v) is 11.8. The lowest BCUT2D eigenvalue weighted by Crippen LogP contribution is -2.45. The molecule has 2 fully saturated rings. The van der Waals surface area contributed by atoms with Crippen LogP contribution in [0.1, 0.15) is 46.7 Å². The Bertz CT molecular complexity index is 1180. The van der Waals surface area contributed by atoms with Crippen LogP contribution in [0, 0.1) is 11.7 Å². The molecule has 2 aromatic rings. The van der Waals surface area contributed by atoms with E-state index in [2.05, 4.69) is 9.62 Å². The van der Waals surface area contributed by atoms with E-state index in [9.17, 15) is 22.7 Å². The van der Waals surface area contributed by atoms with Crippen LogP contribution in [-0.4, -0.2) is 50.6 Å². The van der Waals surface area contributed by atoms with Gasteiger partial charge in [-0.15, -0.1) is 0 Å². The Labute approximate surface area is 179 Å². The smallest absolute Gasteiger partial charge is 0.341 e. The number of fused-ring (bicyclic) bond motifs is 3. The molecule has 2 N–H and O–H groups in total. The molecule has 3 aliphatic rings. The normalized spacial score (nSPS) is 22.6. The van der Waals surface area contributed by atoms with Gasteiger partial charge in [0, 0.05) is 24.9 Å². The molecule has 0 amide bonds. The number of carbonyl (C=O) groups is 1.